The maximum Gasteiger partial charge on any atom is 0.129 e. The zero-order chi connectivity index (χ0) is 15.0. The summed E-state index contributed by atoms with van der Waals surface area (Å²) in [6.45, 7) is 7.12. The summed E-state index contributed by atoms with van der Waals surface area (Å²) in [6.07, 6.45) is 4.85. The van der Waals surface area contributed by atoms with Crippen LogP contribution in [0.2, 0.25) is 0 Å². The standard InChI is InChI=1S/C17H22N2O2/c1-4-8-19-11-13(10-18-19)15(20)14-7-5-6-12-9-17(2,3)21-16(12)14/h5-7,10-11,15,20H,4,8-9H2,1-3H3. The Morgan fingerprint density at radius 2 is 2.24 bits per heavy atom. The van der Waals surface area contributed by atoms with Crippen molar-refractivity contribution in [1.82, 2.24) is 9.78 Å². The van der Waals surface area contributed by atoms with Gasteiger partial charge in [0.05, 0.1) is 6.20 Å². The number of benzene rings is 1. The maximum atomic E-state index is 10.7. The maximum absolute atomic E-state index is 10.7. The lowest BCUT2D eigenvalue weighted by molar-refractivity contribution is 0.131. The number of aromatic nitrogens is 2. The highest BCUT2D eigenvalue weighted by atomic mass is 16.5. The van der Waals surface area contributed by atoms with Crippen molar-refractivity contribution < 1.29 is 9.84 Å². The molecule has 1 N–H and O–H groups in total. The van der Waals surface area contributed by atoms with Crippen molar-refractivity contribution in [2.75, 3.05) is 0 Å². The number of hydrogen-bond donors (Lipinski definition) is 1. The highest BCUT2D eigenvalue weighted by Crippen LogP contribution is 2.41. The van der Waals surface area contributed by atoms with E-state index in [1.165, 1.54) is 0 Å². The first-order valence-electron chi connectivity index (χ1n) is 7.51. The minimum Gasteiger partial charge on any atom is -0.487 e. The molecule has 1 unspecified atom stereocenters. The molecule has 0 saturated heterocycles. The first-order valence-corrected chi connectivity index (χ1v) is 7.51. The SMILES string of the molecule is CCCn1cc(C(O)c2cccc3c2OC(C)(C)C3)cn1. The van der Waals surface area contributed by atoms with Gasteiger partial charge in [0.1, 0.15) is 17.5 Å². The predicted octanol–water partition coefficient (Wildman–Crippen LogP) is 3.09. The van der Waals surface area contributed by atoms with Gasteiger partial charge in [0.25, 0.3) is 0 Å². The molecule has 4 heteroatoms. The fourth-order valence-corrected chi connectivity index (χ4v) is 2.91. The first kappa shape index (κ1) is 14.1. The van der Waals surface area contributed by atoms with Crippen molar-refractivity contribution in [2.24, 2.45) is 0 Å². The second kappa shape index (κ2) is 5.19. The summed E-state index contributed by atoms with van der Waals surface area (Å²) in [5.41, 5.74) is 2.60. The van der Waals surface area contributed by atoms with E-state index < -0.39 is 6.10 Å². The molecular formula is C17H22N2O2. The summed E-state index contributed by atoms with van der Waals surface area (Å²) in [6, 6.07) is 5.99. The number of aliphatic hydroxyl groups excluding tert-OH is 1. The number of fused-ring (bicyclic) bond motifs is 1. The van der Waals surface area contributed by atoms with Crippen molar-refractivity contribution in [2.45, 2.75) is 51.9 Å². The van der Waals surface area contributed by atoms with E-state index in [0.717, 1.165) is 41.8 Å². The van der Waals surface area contributed by atoms with Gasteiger partial charge in [-0.3, -0.25) is 4.68 Å². The van der Waals surface area contributed by atoms with Gasteiger partial charge in [-0.05, 0) is 25.8 Å². The van der Waals surface area contributed by atoms with E-state index in [1.54, 1.807) is 6.20 Å². The number of nitrogens with zero attached hydrogens (tertiary/aromatic N) is 2. The molecule has 0 fully saturated rings. The van der Waals surface area contributed by atoms with E-state index in [0.29, 0.717) is 0 Å². The Labute approximate surface area is 125 Å². The Kier molecular flexibility index (Phi) is 3.49. The van der Waals surface area contributed by atoms with Crippen LogP contribution in [-0.2, 0) is 13.0 Å². The van der Waals surface area contributed by atoms with Crippen LogP contribution in [0.4, 0.5) is 0 Å². The molecule has 0 spiro atoms. The van der Waals surface area contributed by atoms with Gasteiger partial charge in [-0.25, -0.2) is 0 Å². The van der Waals surface area contributed by atoms with Gasteiger partial charge in [-0.15, -0.1) is 0 Å². The zero-order valence-electron chi connectivity index (χ0n) is 12.8. The normalized spacial score (nSPS) is 17.3. The van der Waals surface area contributed by atoms with E-state index in [4.69, 9.17) is 4.74 Å². The Hall–Kier alpha value is -1.81. The summed E-state index contributed by atoms with van der Waals surface area (Å²) in [7, 11) is 0. The van der Waals surface area contributed by atoms with Gasteiger partial charge in [0, 0.05) is 30.3 Å². The molecule has 21 heavy (non-hydrogen) atoms. The highest BCUT2D eigenvalue weighted by molar-refractivity contribution is 5.48. The predicted molar refractivity (Wildman–Crippen MR) is 81.4 cm³/mol. The van der Waals surface area contributed by atoms with Gasteiger partial charge in [-0.2, -0.15) is 5.10 Å². The van der Waals surface area contributed by atoms with Gasteiger partial charge >= 0.3 is 0 Å². The minimum atomic E-state index is -0.695. The third-order valence-corrected chi connectivity index (χ3v) is 3.84. The van der Waals surface area contributed by atoms with Crippen LogP contribution in [0.1, 0.15) is 50.0 Å². The third-order valence-electron chi connectivity index (χ3n) is 3.84. The number of para-hydroxylation sites is 1. The molecule has 1 atom stereocenters. The molecule has 0 bridgehead atoms. The molecule has 2 aromatic rings. The third kappa shape index (κ3) is 2.68. The molecular weight excluding hydrogens is 264 g/mol. The Balaban J connectivity index is 1.92. The van der Waals surface area contributed by atoms with Crippen LogP contribution in [0, 0.1) is 0 Å². The topological polar surface area (TPSA) is 47.3 Å². The first-order chi connectivity index (χ1) is 10.00. The lowest BCUT2D eigenvalue weighted by atomic mass is 9.97. The second-order valence-electron chi connectivity index (χ2n) is 6.31. The van der Waals surface area contributed by atoms with E-state index in [-0.39, 0.29) is 5.60 Å². The number of aryl methyl sites for hydroxylation is 1. The Morgan fingerprint density at radius 3 is 3.00 bits per heavy atom. The van der Waals surface area contributed by atoms with E-state index in [2.05, 4.69) is 31.9 Å². The average Bonchev–Trinajstić information content (AvgIpc) is 3.00. The number of aliphatic hydroxyl groups is 1. The fraction of sp³-hybridized carbons (Fsp3) is 0.471. The van der Waals surface area contributed by atoms with Crippen molar-refractivity contribution in [3.05, 3.63) is 47.3 Å². The molecule has 0 aliphatic carbocycles. The van der Waals surface area contributed by atoms with Crippen LogP contribution in [0.15, 0.2) is 30.6 Å². The number of rotatable bonds is 4. The van der Waals surface area contributed by atoms with E-state index in [9.17, 15) is 5.11 Å². The van der Waals surface area contributed by atoms with Crippen LogP contribution in [-0.4, -0.2) is 20.5 Å². The molecule has 1 aliphatic heterocycles. The van der Waals surface area contributed by atoms with Crippen molar-refractivity contribution in [3.8, 4) is 5.75 Å². The molecule has 112 valence electrons. The lowest BCUT2D eigenvalue weighted by Crippen LogP contribution is -2.25. The molecule has 0 radical (unpaired) electrons. The van der Waals surface area contributed by atoms with E-state index in [1.807, 2.05) is 23.0 Å². The monoisotopic (exact) mass is 286 g/mol. The highest BCUT2D eigenvalue weighted by Gasteiger charge is 2.33. The van der Waals surface area contributed by atoms with Crippen molar-refractivity contribution in [1.29, 1.82) is 0 Å². The molecule has 1 aliphatic rings. The van der Waals surface area contributed by atoms with Gasteiger partial charge in [0.15, 0.2) is 0 Å². The van der Waals surface area contributed by atoms with E-state index >= 15 is 0 Å². The van der Waals surface area contributed by atoms with Gasteiger partial charge in [-0.1, -0.05) is 25.1 Å². The Morgan fingerprint density at radius 1 is 1.43 bits per heavy atom. The van der Waals surface area contributed by atoms with Crippen LogP contribution in [0.5, 0.6) is 5.75 Å². The van der Waals surface area contributed by atoms with Crippen molar-refractivity contribution in [3.63, 3.8) is 0 Å². The fourth-order valence-electron chi connectivity index (χ4n) is 2.91. The van der Waals surface area contributed by atoms with Gasteiger partial charge in [0.2, 0.25) is 0 Å². The molecule has 3 rings (SSSR count). The largest absolute Gasteiger partial charge is 0.487 e. The summed E-state index contributed by atoms with van der Waals surface area (Å²) >= 11 is 0. The number of hydrogen-bond acceptors (Lipinski definition) is 3. The van der Waals surface area contributed by atoms with Crippen LogP contribution >= 0.6 is 0 Å². The van der Waals surface area contributed by atoms with Crippen LogP contribution < -0.4 is 4.74 Å². The number of ether oxygens (including phenoxy) is 1. The molecule has 2 heterocycles. The summed E-state index contributed by atoms with van der Waals surface area (Å²) < 4.78 is 7.90. The molecule has 0 saturated carbocycles. The van der Waals surface area contributed by atoms with Crippen LogP contribution in [0.25, 0.3) is 0 Å². The smallest absolute Gasteiger partial charge is 0.129 e. The molecule has 0 amide bonds. The lowest BCUT2D eigenvalue weighted by Gasteiger charge is -2.19. The molecule has 1 aromatic carbocycles. The van der Waals surface area contributed by atoms with Crippen molar-refractivity contribution >= 4 is 0 Å². The second-order valence-corrected chi connectivity index (χ2v) is 6.31. The molecule has 4 nitrogen and oxygen atoms in total. The summed E-state index contributed by atoms with van der Waals surface area (Å²) in [4.78, 5) is 0. The van der Waals surface area contributed by atoms with Gasteiger partial charge < -0.3 is 9.84 Å². The summed E-state index contributed by atoms with van der Waals surface area (Å²) in [5.74, 6) is 0.832. The minimum absolute atomic E-state index is 0.204. The average molecular weight is 286 g/mol. The zero-order valence-corrected chi connectivity index (χ0v) is 12.8. The quantitative estimate of drug-likeness (QED) is 0.939. The van der Waals surface area contributed by atoms with Crippen LogP contribution in [0.3, 0.4) is 0 Å². The molecule has 1 aromatic heterocycles. The Bertz CT molecular complexity index is 646. The summed E-state index contributed by atoms with van der Waals surface area (Å²) in [5, 5.41) is 15.0.